The zero-order valence-corrected chi connectivity index (χ0v) is 37.4. The van der Waals surface area contributed by atoms with Crippen molar-refractivity contribution in [2.75, 3.05) is 20.6 Å². The van der Waals surface area contributed by atoms with Crippen molar-refractivity contribution in [2.45, 2.75) is 193 Å². The molecular formula is C43H79F2N7O8. The summed E-state index contributed by atoms with van der Waals surface area (Å²) in [5.41, 5.74) is 5.22. The molecule has 0 bridgehead atoms. The third kappa shape index (κ3) is 38.3. The summed E-state index contributed by atoms with van der Waals surface area (Å²) in [6.07, 6.45) is 24.0. The molecule has 0 aliphatic carbocycles. The summed E-state index contributed by atoms with van der Waals surface area (Å²) in [5, 5.41) is 19.7. The lowest BCUT2D eigenvalue weighted by molar-refractivity contribution is -0.142. The van der Waals surface area contributed by atoms with E-state index < -0.39 is 41.7 Å². The predicted octanol–water partition coefficient (Wildman–Crippen LogP) is 6.13. The number of carbonyl (C=O) groups is 7. The van der Waals surface area contributed by atoms with Crippen LogP contribution in [0.1, 0.15) is 168 Å². The smallest absolute Gasteiger partial charge is 0.326 e. The number of unbranched alkanes of at least 4 members (excludes halogenated alkanes) is 15. The van der Waals surface area contributed by atoms with Crippen molar-refractivity contribution in [3.8, 4) is 0 Å². The fourth-order valence-corrected chi connectivity index (χ4v) is 5.39. The van der Waals surface area contributed by atoms with Gasteiger partial charge in [0, 0.05) is 44.1 Å². The quantitative estimate of drug-likeness (QED) is 0.0235. The number of carboxylic acids is 1. The van der Waals surface area contributed by atoms with Crippen LogP contribution in [0.15, 0.2) is 12.5 Å². The highest BCUT2D eigenvalue weighted by Crippen LogP contribution is 2.14. The average molecular weight is 860 g/mol. The predicted molar refractivity (Wildman–Crippen MR) is 231 cm³/mol. The number of halogens is 2. The number of rotatable bonds is 34. The van der Waals surface area contributed by atoms with E-state index >= 15 is 0 Å². The Morgan fingerprint density at radius 2 is 1.32 bits per heavy atom. The van der Waals surface area contributed by atoms with Crippen molar-refractivity contribution < 1.29 is 47.4 Å². The Morgan fingerprint density at radius 3 is 1.72 bits per heavy atom. The summed E-state index contributed by atoms with van der Waals surface area (Å²) in [6.45, 7) is 7.31. The van der Waals surface area contributed by atoms with E-state index in [9.17, 15) is 47.4 Å². The Bertz CT molecular complexity index is 1260. The molecule has 15 nitrogen and oxygen atoms in total. The van der Waals surface area contributed by atoms with E-state index in [2.05, 4.69) is 31.2 Å². The van der Waals surface area contributed by atoms with Crippen LogP contribution in [0.3, 0.4) is 0 Å². The second-order valence-corrected chi connectivity index (χ2v) is 14.9. The first-order valence-electron chi connectivity index (χ1n) is 21.8. The van der Waals surface area contributed by atoms with E-state index in [4.69, 9.17) is 5.73 Å². The van der Waals surface area contributed by atoms with Gasteiger partial charge in [0.25, 0.3) is 0 Å². The largest absolute Gasteiger partial charge is 0.480 e. The summed E-state index contributed by atoms with van der Waals surface area (Å²) in [6, 6.07) is -5.09. The first kappa shape index (κ1) is 60.3. The number of nitrogens with zero attached hydrogens (tertiary/aromatic N) is 1. The third-order valence-corrected chi connectivity index (χ3v) is 9.44. The number of hydrogen-bond donors (Lipinski definition) is 7. The number of amides is 2. The number of aliphatic carboxylic acids is 1. The Morgan fingerprint density at radius 1 is 0.783 bits per heavy atom. The molecule has 1 aromatic heterocycles. The first-order chi connectivity index (χ1) is 28.6. The molecule has 3 atom stereocenters. The maximum Gasteiger partial charge on any atom is 0.326 e. The average Bonchev–Trinajstić information content (AvgIpc) is 3.74. The van der Waals surface area contributed by atoms with Crippen LogP contribution in [0.5, 0.6) is 0 Å². The van der Waals surface area contributed by atoms with Gasteiger partial charge in [0.1, 0.15) is 24.2 Å². The van der Waals surface area contributed by atoms with Crippen LogP contribution in [0, 0.1) is 0 Å². The van der Waals surface area contributed by atoms with E-state index in [1.807, 2.05) is 13.8 Å². The molecular weight excluding hydrogens is 781 g/mol. The zero-order valence-electron chi connectivity index (χ0n) is 37.4. The number of carboxylic acid groups (broad SMARTS) is 1. The third-order valence-electron chi connectivity index (χ3n) is 9.44. The molecule has 0 saturated carbocycles. The molecule has 0 radical (unpaired) electrons. The Kier molecular flexibility index (Phi) is 42.0. The molecule has 17 heteroatoms. The second kappa shape index (κ2) is 41.8. The number of hydrogen-bond acceptors (Lipinski definition) is 11. The SMILES string of the molecule is CC.CNC(C)(C)C(=O)F.CNC(CCCCNC(=O)CCC(NC(=O)CCCCCCCCCCCCCCCCC=O)C(=O)O)C(=O)F.NC(C=O)Cc1cnc[nH]1. The van der Waals surface area contributed by atoms with Crippen molar-refractivity contribution in [2.24, 2.45) is 5.73 Å². The maximum absolute atomic E-state index is 12.7. The number of carbonyl (C=O) groups excluding carboxylic acids is 6. The number of aldehydes is 2. The summed E-state index contributed by atoms with van der Waals surface area (Å²) < 4.78 is 24.5. The molecule has 3 unspecified atom stereocenters. The molecule has 1 rings (SSSR count). The molecule has 0 aromatic carbocycles. The van der Waals surface area contributed by atoms with Crippen LogP contribution in [-0.4, -0.2) is 102 Å². The van der Waals surface area contributed by atoms with Gasteiger partial charge in [0.15, 0.2) is 0 Å². The number of nitrogens with two attached hydrogens (primary N) is 1. The molecule has 1 aromatic rings. The molecule has 0 fully saturated rings. The molecule has 348 valence electrons. The highest BCUT2D eigenvalue weighted by Gasteiger charge is 2.24. The van der Waals surface area contributed by atoms with Crippen LogP contribution in [0.4, 0.5) is 8.78 Å². The summed E-state index contributed by atoms with van der Waals surface area (Å²) >= 11 is 0. The molecule has 0 aliphatic heterocycles. The van der Waals surface area contributed by atoms with Crippen molar-refractivity contribution in [3.05, 3.63) is 18.2 Å². The molecule has 0 aliphatic rings. The summed E-state index contributed by atoms with van der Waals surface area (Å²) in [7, 11) is 3.05. The van der Waals surface area contributed by atoms with Crippen LogP contribution in [0.25, 0.3) is 0 Å². The minimum Gasteiger partial charge on any atom is -0.480 e. The zero-order chi connectivity index (χ0) is 46.0. The van der Waals surface area contributed by atoms with E-state index in [1.54, 1.807) is 12.5 Å². The Balaban J connectivity index is -0.00000131. The number of H-pyrrole nitrogens is 1. The number of likely N-dealkylation sites (N-methyl/N-ethyl adjacent to an activating group) is 2. The highest BCUT2D eigenvalue weighted by molar-refractivity contribution is 5.84. The van der Waals surface area contributed by atoms with E-state index in [-0.39, 0.29) is 31.1 Å². The monoisotopic (exact) mass is 860 g/mol. The van der Waals surface area contributed by atoms with E-state index in [0.29, 0.717) is 45.1 Å². The lowest BCUT2D eigenvalue weighted by atomic mass is 10.0. The minimum atomic E-state index is -1.41. The molecule has 1 heterocycles. The summed E-state index contributed by atoms with van der Waals surface area (Å²) in [4.78, 5) is 83.3. The van der Waals surface area contributed by atoms with Gasteiger partial charge in [-0.1, -0.05) is 90.9 Å². The first-order valence-corrected chi connectivity index (χ1v) is 21.8. The molecule has 60 heavy (non-hydrogen) atoms. The van der Waals surface area contributed by atoms with Crippen molar-refractivity contribution in [1.82, 2.24) is 31.2 Å². The van der Waals surface area contributed by atoms with Gasteiger partial charge in [-0.15, -0.1) is 0 Å². The standard InChI is InChI=1S/C30H54FN3O6.C6H9N3O.C5H10FNO.C2H6/c1-32-25(29(31)38)19-16-17-23-33-27(36)22-21-26(30(39)40)34-28(37)20-15-13-11-9-7-5-3-2-4-6-8-10-12-14-18-24-35;7-5(3-10)1-6-2-8-4-9-6;1-5(2,7-3)4(6)8;1-2/h24-26,32H,2-23H2,1H3,(H,33,36)(H,34,37)(H,39,40);2-5H,1,7H2,(H,8,9);7H,1-3H3;1-2H3. The van der Waals surface area contributed by atoms with Crippen molar-refractivity contribution in [1.29, 1.82) is 0 Å². The van der Waals surface area contributed by atoms with Gasteiger partial charge in [-0.2, -0.15) is 8.78 Å². The van der Waals surface area contributed by atoms with Gasteiger partial charge >= 0.3 is 18.0 Å². The minimum absolute atomic E-state index is 0.00644. The fraction of sp³-hybridized carbons (Fsp3) is 0.767. The number of nitrogens with one attached hydrogen (secondary N) is 5. The van der Waals surface area contributed by atoms with Gasteiger partial charge in [-0.3, -0.25) is 19.2 Å². The lowest BCUT2D eigenvalue weighted by Gasteiger charge is -2.15. The van der Waals surface area contributed by atoms with Crippen LogP contribution >= 0.6 is 0 Å². The molecule has 2 amide bonds. The summed E-state index contributed by atoms with van der Waals surface area (Å²) in [5.74, 6) is -1.78. The highest BCUT2D eigenvalue weighted by atomic mass is 19.1. The molecule has 0 spiro atoms. The van der Waals surface area contributed by atoms with Gasteiger partial charge in [0.05, 0.1) is 18.4 Å². The lowest BCUT2D eigenvalue weighted by Crippen LogP contribution is -2.42. The second-order valence-electron chi connectivity index (χ2n) is 14.9. The van der Waals surface area contributed by atoms with Crippen LogP contribution in [-0.2, 0) is 40.0 Å². The molecule has 8 N–H and O–H groups in total. The van der Waals surface area contributed by atoms with Crippen LogP contribution in [0.2, 0.25) is 0 Å². The van der Waals surface area contributed by atoms with Gasteiger partial charge in [-0.25, -0.2) is 9.78 Å². The van der Waals surface area contributed by atoms with Crippen molar-refractivity contribution in [3.63, 3.8) is 0 Å². The number of aromatic amines is 1. The number of aromatic nitrogens is 2. The maximum atomic E-state index is 12.7. The van der Waals surface area contributed by atoms with Gasteiger partial charge in [0.2, 0.25) is 11.8 Å². The topological polar surface area (TPSA) is 243 Å². The Labute approximate surface area is 357 Å². The van der Waals surface area contributed by atoms with Crippen molar-refractivity contribution >= 4 is 42.4 Å². The van der Waals surface area contributed by atoms with Gasteiger partial charge in [-0.05, 0) is 66.5 Å². The van der Waals surface area contributed by atoms with Gasteiger partial charge < -0.3 is 46.7 Å². The van der Waals surface area contributed by atoms with E-state index in [0.717, 1.165) is 50.4 Å². The normalized spacial score (nSPS) is 12.1. The Hall–Kier alpha value is -3.96. The molecule has 0 saturated heterocycles. The van der Waals surface area contributed by atoms with Crippen LogP contribution < -0.4 is 27.0 Å². The van der Waals surface area contributed by atoms with E-state index in [1.165, 1.54) is 79.3 Å². The fourth-order valence-electron chi connectivity index (χ4n) is 5.39. The number of imidazole rings is 1.